The van der Waals surface area contributed by atoms with Crippen molar-refractivity contribution in [1.29, 1.82) is 0 Å². The molecule has 0 bridgehead atoms. The van der Waals surface area contributed by atoms with E-state index < -0.39 is 0 Å². The van der Waals surface area contributed by atoms with Crippen molar-refractivity contribution >= 4 is 21.8 Å². The van der Waals surface area contributed by atoms with Crippen molar-refractivity contribution in [2.45, 2.75) is 13.5 Å². The summed E-state index contributed by atoms with van der Waals surface area (Å²) >= 11 is 3.24. The lowest BCUT2D eigenvalue weighted by molar-refractivity contribution is 0.0322. The van der Waals surface area contributed by atoms with E-state index in [-0.39, 0.29) is 5.91 Å². The van der Waals surface area contributed by atoms with Gasteiger partial charge in [-0.25, -0.2) is 0 Å². The Bertz CT molecular complexity index is 741. The van der Waals surface area contributed by atoms with Gasteiger partial charge in [0.15, 0.2) is 10.4 Å². The van der Waals surface area contributed by atoms with Crippen LogP contribution in [0.1, 0.15) is 21.7 Å². The molecule has 0 unspecified atom stereocenters. The fourth-order valence-electron chi connectivity index (χ4n) is 2.79. The van der Waals surface area contributed by atoms with Gasteiger partial charge >= 0.3 is 0 Å². The van der Waals surface area contributed by atoms with Gasteiger partial charge in [-0.15, -0.1) is 0 Å². The quantitative estimate of drug-likeness (QED) is 0.742. The van der Waals surface area contributed by atoms with Crippen LogP contribution in [-0.4, -0.2) is 50.3 Å². The zero-order valence-electron chi connectivity index (χ0n) is 14.8. The summed E-state index contributed by atoms with van der Waals surface area (Å²) in [6.45, 7) is 7.27. The molecule has 1 amide bonds. The Morgan fingerprint density at radius 2 is 2.12 bits per heavy atom. The molecule has 7 heteroatoms. The Morgan fingerprint density at radius 1 is 1.31 bits per heavy atom. The van der Waals surface area contributed by atoms with Crippen molar-refractivity contribution in [2.24, 2.45) is 0 Å². The summed E-state index contributed by atoms with van der Waals surface area (Å²) in [6.07, 6.45) is 0. The van der Waals surface area contributed by atoms with Crippen molar-refractivity contribution < 1.29 is 18.7 Å². The molecule has 1 fully saturated rings. The zero-order chi connectivity index (χ0) is 18.4. The van der Waals surface area contributed by atoms with Crippen LogP contribution in [0, 0.1) is 6.92 Å². The van der Waals surface area contributed by atoms with Gasteiger partial charge in [-0.05, 0) is 46.6 Å². The van der Waals surface area contributed by atoms with E-state index in [1.165, 1.54) is 0 Å². The maximum Gasteiger partial charge on any atom is 0.287 e. The molecule has 26 heavy (non-hydrogen) atoms. The number of halogens is 1. The third-order valence-electron chi connectivity index (χ3n) is 4.23. The van der Waals surface area contributed by atoms with Crippen LogP contribution < -0.4 is 10.1 Å². The summed E-state index contributed by atoms with van der Waals surface area (Å²) in [5.74, 6) is 0.906. The maximum absolute atomic E-state index is 12.2. The van der Waals surface area contributed by atoms with Crippen molar-refractivity contribution in [1.82, 2.24) is 10.2 Å². The standard InChI is InChI=1S/C19H23BrN2O4/c1-14-11-17(20)26-18(14)19(23)21-13-15-3-2-4-16(12-15)25-10-7-22-5-8-24-9-6-22/h2-4,11-12H,5-10,13H2,1H3,(H,21,23). The summed E-state index contributed by atoms with van der Waals surface area (Å²) in [5.41, 5.74) is 1.78. The number of carbonyl (C=O) groups excluding carboxylic acids is 1. The Kier molecular flexibility index (Phi) is 6.71. The average Bonchev–Trinajstić information content (AvgIpc) is 2.99. The number of ether oxygens (including phenoxy) is 2. The van der Waals surface area contributed by atoms with Crippen LogP contribution >= 0.6 is 15.9 Å². The average molecular weight is 423 g/mol. The van der Waals surface area contributed by atoms with E-state index in [9.17, 15) is 4.79 Å². The van der Waals surface area contributed by atoms with Crippen LogP contribution in [0.5, 0.6) is 5.75 Å². The largest absolute Gasteiger partial charge is 0.492 e. The normalized spacial score (nSPS) is 15.0. The zero-order valence-corrected chi connectivity index (χ0v) is 16.4. The number of hydrogen-bond acceptors (Lipinski definition) is 5. The van der Waals surface area contributed by atoms with E-state index in [1.807, 2.05) is 31.2 Å². The van der Waals surface area contributed by atoms with E-state index in [1.54, 1.807) is 6.07 Å². The summed E-state index contributed by atoms with van der Waals surface area (Å²) in [5, 5.41) is 2.87. The monoisotopic (exact) mass is 422 g/mol. The van der Waals surface area contributed by atoms with Gasteiger partial charge in [-0.1, -0.05) is 12.1 Å². The van der Waals surface area contributed by atoms with Gasteiger partial charge < -0.3 is 19.2 Å². The molecular weight excluding hydrogens is 400 g/mol. The molecule has 1 aliphatic rings. The van der Waals surface area contributed by atoms with Crippen LogP contribution in [0.25, 0.3) is 0 Å². The molecule has 0 radical (unpaired) electrons. The van der Waals surface area contributed by atoms with E-state index >= 15 is 0 Å². The number of nitrogens with one attached hydrogen (secondary N) is 1. The highest BCUT2D eigenvalue weighted by atomic mass is 79.9. The van der Waals surface area contributed by atoms with Gasteiger partial charge in [-0.3, -0.25) is 9.69 Å². The smallest absolute Gasteiger partial charge is 0.287 e. The second-order valence-corrected chi connectivity index (χ2v) is 6.98. The number of furan rings is 1. The topological polar surface area (TPSA) is 63.9 Å². The minimum absolute atomic E-state index is 0.230. The van der Waals surface area contributed by atoms with Crippen molar-refractivity contribution in [3.63, 3.8) is 0 Å². The van der Waals surface area contributed by atoms with Gasteiger partial charge in [0.05, 0.1) is 13.2 Å². The fourth-order valence-corrected chi connectivity index (χ4v) is 3.30. The van der Waals surface area contributed by atoms with E-state index in [0.717, 1.165) is 49.7 Å². The second kappa shape index (κ2) is 9.21. The fraction of sp³-hybridized carbons (Fsp3) is 0.421. The van der Waals surface area contributed by atoms with Crippen LogP contribution in [-0.2, 0) is 11.3 Å². The van der Waals surface area contributed by atoms with Crippen LogP contribution in [0.2, 0.25) is 0 Å². The summed E-state index contributed by atoms with van der Waals surface area (Å²) in [6, 6.07) is 9.54. The highest BCUT2D eigenvalue weighted by Gasteiger charge is 2.14. The third-order valence-corrected chi connectivity index (χ3v) is 4.62. The molecule has 1 aromatic heterocycles. The third kappa shape index (κ3) is 5.33. The lowest BCUT2D eigenvalue weighted by Gasteiger charge is -2.26. The Balaban J connectivity index is 1.47. The van der Waals surface area contributed by atoms with Gasteiger partial charge in [0, 0.05) is 31.7 Å². The Hall–Kier alpha value is -1.83. The van der Waals surface area contributed by atoms with Crippen molar-refractivity contribution in [2.75, 3.05) is 39.5 Å². The summed E-state index contributed by atoms with van der Waals surface area (Å²) in [4.78, 5) is 14.5. The van der Waals surface area contributed by atoms with E-state index in [2.05, 4.69) is 26.1 Å². The van der Waals surface area contributed by atoms with E-state index in [4.69, 9.17) is 13.9 Å². The Morgan fingerprint density at radius 3 is 2.85 bits per heavy atom. The molecule has 1 aliphatic heterocycles. The number of nitrogens with zero attached hydrogens (tertiary/aromatic N) is 1. The maximum atomic E-state index is 12.2. The minimum atomic E-state index is -0.230. The second-order valence-electron chi connectivity index (χ2n) is 6.20. The number of hydrogen-bond donors (Lipinski definition) is 1. The SMILES string of the molecule is Cc1cc(Br)oc1C(=O)NCc1cccc(OCCN2CCOCC2)c1. The molecule has 1 saturated heterocycles. The summed E-state index contributed by atoms with van der Waals surface area (Å²) in [7, 11) is 0. The van der Waals surface area contributed by atoms with Gasteiger partial charge in [-0.2, -0.15) is 0 Å². The lowest BCUT2D eigenvalue weighted by atomic mass is 10.2. The van der Waals surface area contributed by atoms with Crippen molar-refractivity contribution in [3.05, 3.63) is 51.9 Å². The molecule has 0 atom stereocenters. The number of benzene rings is 1. The first-order valence-corrected chi connectivity index (χ1v) is 9.47. The molecule has 140 valence electrons. The number of aryl methyl sites for hydroxylation is 1. The molecule has 2 heterocycles. The highest BCUT2D eigenvalue weighted by Crippen LogP contribution is 2.19. The van der Waals surface area contributed by atoms with Gasteiger partial charge in [0.1, 0.15) is 12.4 Å². The molecular formula is C19H23BrN2O4. The van der Waals surface area contributed by atoms with E-state index in [0.29, 0.717) is 23.6 Å². The van der Waals surface area contributed by atoms with Crippen molar-refractivity contribution in [3.8, 4) is 5.75 Å². The molecule has 0 saturated carbocycles. The molecule has 3 rings (SSSR count). The molecule has 1 N–H and O–H groups in total. The first kappa shape index (κ1) is 18.9. The molecule has 6 nitrogen and oxygen atoms in total. The van der Waals surface area contributed by atoms with Gasteiger partial charge in [0.25, 0.3) is 5.91 Å². The van der Waals surface area contributed by atoms with Crippen LogP contribution in [0.15, 0.2) is 39.4 Å². The summed E-state index contributed by atoms with van der Waals surface area (Å²) < 4.78 is 17.1. The first-order chi connectivity index (χ1) is 12.6. The molecule has 0 aliphatic carbocycles. The predicted octanol–water partition coefficient (Wildman–Crippen LogP) is 2.99. The lowest BCUT2D eigenvalue weighted by Crippen LogP contribution is -2.38. The molecule has 0 spiro atoms. The number of rotatable bonds is 7. The van der Waals surface area contributed by atoms with Gasteiger partial charge in [0.2, 0.25) is 0 Å². The number of carbonyl (C=O) groups is 1. The predicted molar refractivity (Wildman–Crippen MR) is 102 cm³/mol. The Labute approximate surface area is 161 Å². The van der Waals surface area contributed by atoms with Crippen LogP contribution in [0.3, 0.4) is 0 Å². The minimum Gasteiger partial charge on any atom is -0.492 e. The first-order valence-electron chi connectivity index (χ1n) is 8.68. The number of amides is 1. The molecule has 2 aromatic rings. The van der Waals surface area contributed by atoms with Crippen LogP contribution in [0.4, 0.5) is 0 Å². The number of morpholine rings is 1. The highest BCUT2D eigenvalue weighted by molar-refractivity contribution is 9.10. The molecule has 1 aromatic carbocycles.